The molecule has 8 heteroatoms. The van der Waals surface area contributed by atoms with Gasteiger partial charge in [-0.1, -0.05) is 35.9 Å². The number of hydrogen-bond donors (Lipinski definition) is 0. The highest BCUT2D eigenvalue weighted by atomic mass is 32.1. The fourth-order valence-corrected chi connectivity index (χ4v) is 5.92. The molecule has 0 N–H and O–H groups in total. The van der Waals surface area contributed by atoms with Crippen LogP contribution in [0.4, 0.5) is 0 Å². The Hall–Kier alpha value is -2.39. The van der Waals surface area contributed by atoms with Crippen molar-refractivity contribution in [2.45, 2.75) is 38.9 Å². The first-order chi connectivity index (χ1) is 16.1. The van der Waals surface area contributed by atoms with Gasteiger partial charge in [-0.05, 0) is 56.7 Å². The van der Waals surface area contributed by atoms with Crippen LogP contribution >= 0.6 is 23.6 Å². The van der Waals surface area contributed by atoms with E-state index in [0.717, 1.165) is 41.2 Å². The van der Waals surface area contributed by atoms with Crippen molar-refractivity contribution in [2.75, 3.05) is 26.8 Å². The molecule has 2 aromatic heterocycles. The maximum absolute atomic E-state index is 5.86. The van der Waals surface area contributed by atoms with Crippen LogP contribution in [0.2, 0.25) is 0 Å². The topological polar surface area (TPSA) is 48.1 Å². The molecular weight excluding hydrogens is 450 g/mol. The second kappa shape index (κ2) is 9.85. The van der Waals surface area contributed by atoms with E-state index in [-0.39, 0.29) is 0 Å². The molecule has 1 fully saturated rings. The van der Waals surface area contributed by atoms with Gasteiger partial charge in [0.1, 0.15) is 0 Å². The van der Waals surface area contributed by atoms with E-state index in [1.807, 2.05) is 16.0 Å². The maximum Gasteiger partial charge on any atom is 0.199 e. The molecule has 0 saturated carbocycles. The Kier molecular flexibility index (Phi) is 6.69. The van der Waals surface area contributed by atoms with E-state index in [9.17, 15) is 0 Å². The summed E-state index contributed by atoms with van der Waals surface area (Å²) in [6, 6.07) is 16.9. The molecular formula is C25H29N5OS2. The maximum atomic E-state index is 5.86. The van der Waals surface area contributed by atoms with Crippen molar-refractivity contribution in [3.8, 4) is 11.4 Å². The van der Waals surface area contributed by atoms with Crippen LogP contribution in [0.15, 0.2) is 48.5 Å². The first-order valence-corrected chi connectivity index (χ1v) is 12.7. The zero-order valence-electron chi connectivity index (χ0n) is 19.1. The number of nitrogens with zero attached hydrogens (tertiary/aromatic N) is 5. The number of rotatable bonds is 7. The second-order valence-electron chi connectivity index (χ2n) is 8.70. The summed E-state index contributed by atoms with van der Waals surface area (Å²) in [5.74, 6) is 1.36. The van der Waals surface area contributed by atoms with Crippen LogP contribution < -0.4 is 0 Å². The minimum atomic E-state index is 0.456. The van der Waals surface area contributed by atoms with Crippen molar-refractivity contribution in [2.24, 2.45) is 0 Å². The number of aryl methyl sites for hydroxylation is 1. The van der Waals surface area contributed by atoms with Gasteiger partial charge in [0.2, 0.25) is 0 Å². The van der Waals surface area contributed by atoms with Gasteiger partial charge in [-0.2, -0.15) is 5.10 Å². The van der Waals surface area contributed by atoms with E-state index in [1.165, 1.54) is 21.7 Å². The van der Waals surface area contributed by atoms with Gasteiger partial charge in [0.05, 0.1) is 35.0 Å². The third-order valence-corrected chi connectivity index (χ3v) is 7.85. The fourth-order valence-electron chi connectivity index (χ4n) is 4.55. The van der Waals surface area contributed by atoms with Crippen LogP contribution in [-0.4, -0.2) is 51.0 Å². The largest absolute Gasteiger partial charge is 0.383 e. The van der Waals surface area contributed by atoms with Gasteiger partial charge in [-0.25, -0.2) is 9.67 Å². The van der Waals surface area contributed by atoms with Crippen molar-refractivity contribution in [1.82, 2.24) is 24.2 Å². The standard InChI is InChI=1S/C25H29N5OS2/c1-18-7-5-8-19(15-18)23-27-30(25(32)29(23)13-14-31-2)17-28-12-6-9-20(16-28)24-26-21-10-3-4-11-22(21)33-24/h3-5,7-8,10-11,15,20H,6,9,12-14,16-17H2,1-2H3/t20-/m1/s1. The third kappa shape index (κ3) is 4.80. The monoisotopic (exact) mass is 479 g/mol. The summed E-state index contributed by atoms with van der Waals surface area (Å²) < 4.78 is 11.4. The highest BCUT2D eigenvalue weighted by Crippen LogP contribution is 2.33. The molecule has 5 rings (SSSR count). The molecule has 4 aromatic rings. The minimum absolute atomic E-state index is 0.456. The number of piperidine rings is 1. The van der Waals surface area contributed by atoms with Crippen LogP contribution in [0, 0.1) is 11.7 Å². The summed E-state index contributed by atoms with van der Waals surface area (Å²) in [5, 5.41) is 6.21. The number of thiazole rings is 1. The fraction of sp³-hybridized carbons (Fsp3) is 0.400. The molecule has 33 heavy (non-hydrogen) atoms. The Balaban J connectivity index is 1.39. The summed E-state index contributed by atoms with van der Waals surface area (Å²) in [6.07, 6.45) is 2.33. The third-order valence-electron chi connectivity index (χ3n) is 6.22. The second-order valence-corrected chi connectivity index (χ2v) is 10.1. The van der Waals surface area contributed by atoms with Gasteiger partial charge in [-0.15, -0.1) is 11.3 Å². The lowest BCUT2D eigenvalue weighted by atomic mass is 9.99. The smallest absolute Gasteiger partial charge is 0.199 e. The van der Waals surface area contributed by atoms with Crippen molar-refractivity contribution in [3.05, 3.63) is 63.9 Å². The Morgan fingerprint density at radius 2 is 2.06 bits per heavy atom. The molecule has 0 unspecified atom stereocenters. The average Bonchev–Trinajstić information content (AvgIpc) is 3.39. The summed E-state index contributed by atoms with van der Waals surface area (Å²) >= 11 is 7.70. The van der Waals surface area contributed by atoms with Crippen LogP contribution in [0.1, 0.15) is 29.3 Å². The van der Waals surface area contributed by atoms with Crippen molar-refractivity contribution >= 4 is 33.8 Å². The number of aromatic nitrogens is 4. The van der Waals surface area contributed by atoms with Gasteiger partial charge >= 0.3 is 0 Å². The molecule has 172 valence electrons. The number of benzene rings is 2. The Bertz CT molecular complexity index is 1270. The highest BCUT2D eigenvalue weighted by molar-refractivity contribution is 7.71. The number of ether oxygens (including phenoxy) is 1. The zero-order valence-corrected chi connectivity index (χ0v) is 20.7. The molecule has 1 aliphatic heterocycles. The first kappa shape index (κ1) is 22.4. The van der Waals surface area contributed by atoms with Gasteiger partial charge in [0, 0.05) is 25.1 Å². The molecule has 6 nitrogen and oxygen atoms in total. The summed E-state index contributed by atoms with van der Waals surface area (Å²) in [4.78, 5) is 7.39. The lowest BCUT2D eigenvalue weighted by Crippen LogP contribution is -2.36. The molecule has 3 heterocycles. The highest BCUT2D eigenvalue weighted by Gasteiger charge is 2.25. The van der Waals surface area contributed by atoms with Crippen LogP contribution in [0.25, 0.3) is 21.6 Å². The summed E-state index contributed by atoms with van der Waals surface area (Å²) in [6.45, 7) is 6.11. The van der Waals surface area contributed by atoms with Crippen LogP contribution in [-0.2, 0) is 18.0 Å². The molecule has 0 bridgehead atoms. The number of methoxy groups -OCH3 is 1. The number of fused-ring (bicyclic) bond motifs is 1. The number of likely N-dealkylation sites (tertiary alicyclic amines) is 1. The first-order valence-electron chi connectivity index (χ1n) is 11.4. The van der Waals surface area contributed by atoms with Gasteiger partial charge in [0.15, 0.2) is 10.6 Å². The van der Waals surface area contributed by atoms with E-state index in [0.29, 0.717) is 25.7 Å². The predicted octanol–water partition coefficient (Wildman–Crippen LogP) is 5.48. The molecule has 0 radical (unpaired) electrons. The van der Waals surface area contributed by atoms with Crippen molar-refractivity contribution < 1.29 is 4.74 Å². The predicted molar refractivity (Wildman–Crippen MR) is 136 cm³/mol. The van der Waals surface area contributed by atoms with Gasteiger partial charge in [-0.3, -0.25) is 9.47 Å². The Morgan fingerprint density at radius 3 is 2.88 bits per heavy atom. The van der Waals surface area contributed by atoms with E-state index < -0.39 is 0 Å². The van der Waals surface area contributed by atoms with Crippen molar-refractivity contribution in [1.29, 1.82) is 0 Å². The van der Waals surface area contributed by atoms with E-state index in [4.69, 9.17) is 27.0 Å². The molecule has 2 aromatic carbocycles. The lowest BCUT2D eigenvalue weighted by Gasteiger charge is -2.31. The van der Waals surface area contributed by atoms with Crippen LogP contribution in [0.5, 0.6) is 0 Å². The molecule has 0 spiro atoms. The van der Waals surface area contributed by atoms with Gasteiger partial charge < -0.3 is 4.74 Å². The molecule has 0 aliphatic carbocycles. The SMILES string of the molecule is COCCn1c(-c2cccc(C)c2)nn(CN2CCC[C@@H](c3nc4ccccc4s3)C2)c1=S. The molecule has 1 aliphatic rings. The van der Waals surface area contributed by atoms with E-state index in [2.05, 4.69) is 64.9 Å². The molecule has 1 saturated heterocycles. The normalized spacial score (nSPS) is 17.1. The summed E-state index contributed by atoms with van der Waals surface area (Å²) in [7, 11) is 1.72. The minimum Gasteiger partial charge on any atom is -0.383 e. The Labute approximate surface area is 203 Å². The van der Waals surface area contributed by atoms with Crippen molar-refractivity contribution in [3.63, 3.8) is 0 Å². The lowest BCUT2D eigenvalue weighted by molar-refractivity contribution is 0.155. The van der Waals surface area contributed by atoms with Crippen LogP contribution in [0.3, 0.4) is 0 Å². The average molecular weight is 480 g/mol. The van der Waals surface area contributed by atoms with E-state index in [1.54, 1.807) is 7.11 Å². The van der Waals surface area contributed by atoms with E-state index >= 15 is 0 Å². The number of para-hydroxylation sites is 1. The quantitative estimate of drug-likeness (QED) is 0.328. The zero-order chi connectivity index (χ0) is 22.8. The van der Waals surface area contributed by atoms with Gasteiger partial charge in [0.25, 0.3) is 0 Å². The molecule has 0 amide bonds. The summed E-state index contributed by atoms with van der Waals surface area (Å²) in [5.41, 5.74) is 3.40. The molecule has 1 atom stereocenters. The Morgan fingerprint density at radius 1 is 1.18 bits per heavy atom. The number of hydrogen-bond acceptors (Lipinski definition) is 6.